The fourth-order valence-corrected chi connectivity index (χ4v) is 2.16. The van der Waals surface area contributed by atoms with Crippen LogP contribution >= 0.6 is 0 Å². The summed E-state index contributed by atoms with van der Waals surface area (Å²) >= 11 is 0. The molecule has 20 heavy (non-hydrogen) atoms. The maximum Gasteiger partial charge on any atom is 0.236 e. The van der Waals surface area contributed by atoms with Crippen LogP contribution in [-0.2, 0) is 4.79 Å². The van der Waals surface area contributed by atoms with E-state index >= 15 is 0 Å². The number of rotatable bonds is 9. The van der Waals surface area contributed by atoms with E-state index in [9.17, 15) is 4.79 Å². The van der Waals surface area contributed by atoms with Crippen LogP contribution in [0.2, 0.25) is 0 Å². The highest BCUT2D eigenvalue weighted by Crippen LogP contribution is 2.12. The van der Waals surface area contributed by atoms with Gasteiger partial charge in [-0.05, 0) is 31.9 Å². The number of anilines is 1. The maximum absolute atomic E-state index is 11.7. The summed E-state index contributed by atoms with van der Waals surface area (Å²) in [7, 11) is 0. The summed E-state index contributed by atoms with van der Waals surface area (Å²) in [4.78, 5) is 14.0. The Kier molecular flexibility index (Phi) is 7.73. The molecule has 4 heteroatoms. The van der Waals surface area contributed by atoms with Crippen LogP contribution in [0.15, 0.2) is 30.3 Å². The van der Waals surface area contributed by atoms with Gasteiger partial charge in [0, 0.05) is 25.3 Å². The first-order valence-corrected chi connectivity index (χ1v) is 7.52. The Morgan fingerprint density at radius 1 is 1.30 bits per heavy atom. The first-order valence-electron chi connectivity index (χ1n) is 7.52. The van der Waals surface area contributed by atoms with Gasteiger partial charge in [0.25, 0.3) is 0 Å². The normalized spacial score (nSPS) is 11.9. The minimum Gasteiger partial charge on any atom is -0.372 e. The number of nitrogens with one attached hydrogen (secondary N) is 1. The summed E-state index contributed by atoms with van der Waals surface area (Å²) in [5.41, 5.74) is 6.99. The fourth-order valence-electron chi connectivity index (χ4n) is 2.16. The largest absolute Gasteiger partial charge is 0.372 e. The smallest absolute Gasteiger partial charge is 0.236 e. The van der Waals surface area contributed by atoms with Gasteiger partial charge in [-0.2, -0.15) is 0 Å². The number of hydrogen-bond donors (Lipinski definition) is 2. The summed E-state index contributed by atoms with van der Waals surface area (Å²) in [5.74, 6) is -0.0328. The molecular weight excluding hydrogens is 250 g/mol. The lowest BCUT2D eigenvalue weighted by Crippen LogP contribution is -2.41. The average molecular weight is 277 g/mol. The van der Waals surface area contributed by atoms with Gasteiger partial charge in [-0.25, -0.2) is 0 Å². The van der Waals surface area contributed by atoms with Gasteiger partial charge in [-0.15, -0.1) is 0 Å². The molecule has 1 amide bonds. The zero-order valence-corrected chi connectivity index (χ0v) is 12.6. The molecule has 1 aromatic carbocycles. The van der Waals surface area contributed by atoms with Gasteiger partial charge in [0.2, 0.25) is 5.91 Å². The van der Waals surface area contributed by atoms with Gasteiger partial charge in [0.1, 0.15) is 0 Å². The van der Waals surface area contributed by atoms with Crippen LogP contribution in [0.4, 0.5) is 5.69 Å². The Labute approximate surface area is 122 Å². The quantitative estimate of drug-likeness (QED) is 0.680. The Morgan fingerprint density at radius 3 is 2.60 bits per heavy atom. The third kappa shape index (κ3) is 5.61. The van der Waals surface area contributed by atoms with Crippen LogP contribution in [0.25, 0.3) is 0 Å². The topological polar surface area (TPSA) is 58.4 Å². The molecule has 0 radical (unpaired) electrons. The second-order valence-corrected chi connectivity index (χ2v) is 4.95. The first-order chi connectivity index (χ1) is 9.69. The molecule has 0 bridgehead atoms. The van der Waals surface area contributed by atoms with Crippen molar-refractivity contribution in [2.24, 2.45) is 5.73 Å². The van der Waals surface area contributed by atoms with Crippen LogP contribution < -0.4 is 16.0 Å². The molecule has 4 nitrogen and oxygen atoms in total. The number of hydrogen-bond acceptors (Lipinski definition) is 3. The summed E-state index contributed by atoms with van der Waals surface area (Å²) in [6.07, 6.45) is 2.61. The van der Waals surface area contributed by atoms with Gasteiger partial charge in [0.15, 0.2) is 0 Å². The Hall–Kier alpha value is -1.55. The van der Waals surface area contributed by atoms with E-state index in [1.54, 1.807) is 0 Å². The van der Waals surface area contributed by atoms with Gasteiger partial charge in [-0.3, -0.25) is 4.79 Å². The lowest BCUT2D eigenvalue weighted by atomic mass is 10.1. The number of para-hydroxylation sites is 1. The molecule has 1 atom stereocenters. The highest BCUT2D eigenvalue weighted by Gasteiger charge is 2.11. The van der Waals surface area contributed by atoms with Gasteiger partial charge < -0.3 is 16.0 Å². The number of benzene rings is 1. The molecule has 0 heterocycles. The first kappa shape index (κ1) is 16.5. The van der Waals surface area contributed by atoms with Crippen molar-refractivity contribution in [3.05, 3.63) is 30.3 Å². The van der Waals surface area contributed by atoms with E-state index in [0.717, 1.165) is 32.4 Å². The van der Waals surface area contributed by atoms with Crippen LogP contribution in [0.1, 0.15) is 33.1 Å². The van der Waals surface area contributed by atoms with Crippen molar-refractivity contribution in [3.8, 4) is 0 Å². The number of nitrogens with zero attached hydrogens (tertiary/aromatic N) is 1. The van der Waals surface area contributed by atoms with Gasteiger partial charge in [-0.1, -0.05) is 31.5 Å². The predicted molar refractivity (Wildman–Crippen MR) is 84.8 cm³/mol. The van der Waals surface area contributed by atoms with Gasteiger partial charge in [0.05, 0.1) is 6.04 Å². The Balaban J connectivity index is 2.27. The fraction of sp³-hybridized carbons (Fsp3) is 0.562. The summed E-state index contributed by atoms with van der Waals surface area (Å²) < 4.78 is 0. The van der Waals surface area contributed by atoms with Crippen molar-refractivity contribution in [3.63, 3.8) is 0 Å². The molecular formula is C16H27N3O. The lowest BCUT2D eigenvalue weighted by Gasteiger charge is -2.23. The minimum absolute atomic E-state index is 0.0328. The zero-order valence-electron chi connectivity index (χ0n) is 12.6. The van der Waals surface area contributed by atoms with Crippen molar-refractivity contribution < 1.29 is 4.79 Å². The highest BCUT2D eigenvalue weighted by atomic mass is 16.2. The molecule has 0 unspecified atom stereocenters. The molecule has 0 saturated heterocycles. The highest BCUT2D eigenvalue weighted by molar-refractivity contribution is 5.81. The average Bonchev–Trinajstić information content (AvgIpc) is 2.48. The molecule has 0 aliphatic carbocycles. The third-order valence-electron chi connectivity index (χ3n) is 3.34. The SMILES string of the molecule is CCC[C@H](N)C(=O)NCCCN(CC)c1ccccc1. The lowest BCUT2D eigenvalue weighted by molar-refractivity contribution is -0.122. The molecule has 0 spiro atoms. The molecule has 0 aliphatic rings. The molecule has 0 aromatic heterocycles. The van der Waals surface area contributed by atoms with Crippen LogP contribution in [-0.4, -0.2) is 31.6 Å². The number of carbonyl (C=O) groups excluding carboxylic acids is 1. The van der Waals surface area contributed by atoms with Crippen molar-refractivity contribution in [2.45, 2.75) is 39.2 Å². The Bertz CT molecular complexity index is 381. The van der Waals surface area contributed by atoms with Crippen LogP contribution in [0.3, 0.4) is 0 Å². The van der Waals surface area contributed by atoms with E-state index in [-0.39, 0.29) is 11.9 Å². The summed E-state index contributed by atoms with van der Waals surface area (Å²) in [6.45, 7) is 6.76. The maximum atomic E-state index is 11.7. The molecule has 0 saturated carbocycles. The van der Waals surface area contributed by atoms with Crippen molar-refractivity contribution in [1.82, 2.24) is 5.32 Å². The monoisotopic (exact) mass is 277 g/mol. The van der Waals surface area contributed by atoms with E-state index < -0.39 is 0 Å². The molecule has 1 rings (SSSR count). The summed E-state index contributed by atoms with van der Waals surface area (Å²) in [5, 5.41) is 2.91. The molecule has 3 N–H and O–H groups in total. The molecule has 1 aromatic rings. The minimum atomic E-state index is -0.364. The predicted octanol–water partition coefficient (Wildman–Crippen LogP) is 2.15. The molecule has 112 valence electrons. The second kappa shape index (κ2) is 9.37. The summed E-state index contributed by atoms with van der Waals surface area (Å²) in [6, 6.07) is 9.97. The second-order valence-electron chi connectivity index (χ2n) is 4.95. The Morgan fingerprint density at radius 2 is 2.00 bits per heavy atom. The van der Waals surface area contributed by atoms with E-state index in [1.165, 1.54) is 5.69 Å². The van der Waals surface area contributed by atoms with E-state index in [1.807, 2.05) is 25.1 Å². The van der Waals surface area contributed by atoms with E-state index in [4.69, 9.17) is 5.73 Å². The molecule has 0 fully saturated rings. The van der Waals surface area contributed by atoms with Crippen LogP contribution in [0.5, 0.6) is 0 Å². The van der Waals surface area contributed by atoms with Gasteiger partial charge >= 0.3 is 0 Å². The van der Waals surface area contributed by atoms with Crippen molar-refractivity contribution in [2.75, 3.05) is 24.5 Å². The van der Waals surface area contributed by atoms with Crippen molar-refractivity contribution in [1.29, 1.82) is 0 Å². The zero-order chi connectivity index (χ0) is 14.8. The van der Waals surface area contributed by atoms with E-state index in [2.05, 4.69) is 29.3 Å². The molecule has 0 aliphatic heterocycles. The standard InChI is InChI=1S/C16H27N3O/c1-3-9-15(17)16(20)18-12-8-13-19(4-2)14-10-6-5-7-11-14/h5-7,10-11,15H,3-4,8-9,12-13,17H2,1-2H3,(H,18,20)/t15-/m0/s1. The van der Waals surface area contributed by atoms with Crippen molar-refractivity contribution >= 4 is 11.6 Å². The number of carbonyl (C=O) groups is 1. The number of amides is 1. The number of nitrogens with two attached hydrogens (primary N) is 1. The van der Waals surface area contributed by atoms with Crippen LogP contribution in [0, 0.1) is 0 Å². The van der Waals surface area contributed by atoms with E-state index in [0.29, 0.717) is 6.54 Å². The third-order valence-corrected chi connectivity index (χ3v) is 3.34.